The molecule has 6 nitrogen and oxygen atoms in total. The molecule has 0 fully saturated rings. The molecule has 0 saturated carbocycles. The normalized spacial score (nSPS) is 10.3. The first-order valence-electron chi connectivity index (χ1n) is 8.84. The van der Waals surface area contributed by atoms with E-state index in [1.165, 1.54) is 18.2 Å². The smallest absolute Gasteiger partial charge is 0.256 e. The molecule has 0 aliphatic heterocycles. The molecule has 0 spiro atoms. The number of ether oxygens (including phenoxy) is 2. The minimum atomic E-state index is -0.274. The number of carbonyl (C=O) groups is 1. The third-order valence-electron chi connectivity index (χ3n) is 4.53. The summed E-state index contributed by atoms with van der Waals surface area (Å²) in [5.41, 5.74) is 4.74. The largest absolute Gasteiger partial charge is 0.493 e. The van der Waals surface area contributed by atoms with Crippen molar-refractivity contribution < 1.29 is 14.3 Å². The van der Waals surface area contributed by atoms with Crippen LogP contribution >= 0.6 is 0 Å². The predicted molar refractivity (Wildman–Crippen MR) is 111 cm³/mol. The maximum absolute atomic E-state index is 12.5. The van der Waals surface area contributed by atoms with Gasteiger partial charge in [0.1, 0.15) is 5.82 Å². The highest BCUT2D eigenvalue weighted by Gasteiger charge is 2.11. The van der Waals surface area contributed by atoms with E-state index in [1.807, 2.05) is 18.2 Å². The number of methoxy groups -OCH3 is 2. The number of hydrogen-bond acceptors (Lipinski definition) is 5. The third kappa shape index (κ3) is 4.23. The number of rotatable bonds is 6. The molecule has 3 aromatic rings. The summed E-state index contributed by atoms with van der Waals surface area (Å²) >= 11 is 0. The van der Waals surface area contributed by atoms with Gasteiger partial charge in [-0.25, -0.2) is 4.98 Å². The highest BCUT2D eigenvalue weighted by molar-refractivity contribution is 6.04. The highest BCUT2D eigenvalue weighted by atomic mass is 16.5. The monoisotopic (exact) mass is 377 g/mol. The lowest BCUT2D eigenvalue weighted by Crippen LogP contribution is -2.13. The number of aryl methyl sites for hydroxylation is 1. The van der Waals surface area contributed by atoms with Gasteiger partial charge in [-0.15, -0.1) is 0 Å². The van der Waals surface area contributed by atoms with Crippen molar-refractivity contribution in [2.45, 2.75) is 13.8 Å². The summed E-state index contributed by atoms with van der Waals surface area (Å²) in [7, 11) is 3.08. The Morgan fingerprint density at radius 3 is 2.43 bits per heavy atom. The second-order valence-corrected chi connectivity index (χ2v) is 6.33. The summed E-state index contributed by atoms with van der Waals surface area (Å²) < 4.78 is 10.4. The van der Waals surface area contributed by atoms with Crippen molar-refractivity contribution in [3.8, 4) is 11.5 Å². The Morgan fingerprint density at radius 1 is 0.964 bits per heavy atom. The van der Waals surface area contributed by atoms with E-state index in [-0.39, 0.29) is 5.91 Å². The third-order valence-corrected chi connectivity index (χ3v) is 4.53. The van der Waals surface area contributed by atoms with Crippen LogP contribution in [0.5, 0.6) is 11.5 Å². The van der Waals surface area contributed by atoms with Crippen LogP contribution < -0.4 is 20.1 Å². The number of nitrogens with one attached hydrogen (secondary N) is 2. The molecular formula is C22H23N3O3. The van der Waals surface area contributed by atoms with Gasteiger partial charge in [-0.05, 0) is 61.4 Å². The molecule has 0 bridgehead atoms. The zero-order chi connectivity index (χ0) is 20.1. The maximum Gasteiger partial charge on any atom is 0.256 e. The lowest BCUT2D eigenvalue weighted by atomic mass is 10.1. The van der Waals surface area contributed by atoms with E-state index in [1.54, 1.807) is 37.6 Å². The number of carbonyl (C=O) groups excluding carboxylic acids is 1. The second kappa shape index (κ2) is 8.43. The van der Waals surface area contributed by atoms with Crippen LogP contribution in [0.1, 0.15) is 21.5 Å². The quantitative estimate of drug-likeness (QED) is 0.651. The molecule has 0 radical (unpaired) electrons. The Labute approximate surface area is 164 Å². The van der Waals surface area contributed by atoms with Crippen LogP contribution in [0.25, 0.3) is 0 Å². The number of hydrogen-bond donors (Lipinski definition) is 2. The van der Waals surface area contributed by atoms with Gasteiger partial charge in [-0.1, -0.05) is 12.1 Å². The van der Waals surface area contributed by atoms with Crippen LogP contribution in [-0.4, -0.2) is 25.1 Å². The minimum Gasteiger partial charge on any atom is -0.493 e. The molecule has 0 aliphatic carbocycles. The summed E-state index contributed by atoms with van der Waals surface area (Å²) in [6.45, 7) is 4.15. The van der Waals surface area contributed by atoms with Crippen LogP contribution in [0.2, 0.25) is 0 Å². The van der Waals surface area contributed by atoms with Crippen molar-refractivity contribution in [3.63, 3.8) is 0 Å². The molecule has 0 aliphatic rings. The van der Waals surface area contributed by atoms with Crippen molar-refractivity contribution in [2.75, 3.05) is 24.9 Å². The van der Waals surface area contributed by atoms with E-state index in [0.29, 0.717) is 22.9 Å². The SMILES string of the molecule is COc1ccc(C(=O)Nc2ccc(Nc3cccc(C)c3C)cn2)cc1OC. The summed E-state index contributed by atoms with van der Waals surface area (Å²) in [5, 5.41) is 6.13. The molecule has 2 aromatic carbocycles. The van der Waals surface area contributed by atoms with Crippen LogP contribution in [0.4, 0.5) is 17.2 Å². The summed E-state index contributed by atoms with van der Waals surface area (Å²) in [6.07, 6.45) is 1.69. The number of benzene rings is 2. The van der Waals surface area contributed by atoms with Crippen molar-refractivity contribution in [3.05, 3.63) is 71.4 Å². The Bertz CT molecular complexity index is 985. The second-order valence-electron chi connectivity index (χ2n) is 6.33. The first-order valence-corrected chi connectivity index (χ1v) is 8.84. The fourth-order valence-electron chi connectivity index (χ4n) is 2.75. The Morgan fingerprint density at radius 2 is 1.75 bits per heavy atom. The standard InChI is InChI=1S/C22H23N3O3/c1-14-6-5-7-18(15(14)2)24-17-9-11-21(23-13-17)25-22(26)16-8-10-19(27-3)20(12-16)28-4/h5-13,24H,1-4H3,(H,23,25,26). The molecule has 0 saturated heterocycles. The predicted octanol–water partition coefficient (Wildman–Crippen LogP) is 4.71. The fraction of sp³-hybridized carbons (Fsp3) is 0.182. The molecule has 1 amide bonds. The number of amides is 1. The molecular weight excluding hydrogens is 354 g/mol. The topological polar surface area (TPSA) is 72.5 Å². The molecule has 28 heavy (non-hydrogen) atoms. The average molecular weight is 377 g/mol. The van der Waals surface area contributed by atoms with E-state index >= 15 is 0 Å². The number of aromatic nitrogens is 1. The number of nitrogens with zero attached hydrogens (tertiary/aromatic N) is 1. The van der Waals surface area contributed by atoms with Crippen LogP contribution in [-0.2, 0) is 0 Å². The zero-order valence-corrected chi connectivity index (χ0v) is 16.4. The van der Waals surface area contributed by atoms with Gasteiger partial charge in [0.2, 0.25) is 0 Å². The van der Waals surface area contributed by atoms with Crippen molar-refractivity contribution in [1.82, 2.24) is 4.98 Å². The Hall–Kier alpha value is -3.54. The lowest BCUT2D eigenvalue weighted by molar-refractivity contribution is 0.102. The molecule has 0 atom stereocenters. The number of anilines is 3. The highest BCUT2D eigenvalue weighted by Crippen LogP contribution is 2.28. The average Bonchev–Trinajstić information content (AvgIpc) is 2.72. The molecule has 1 aromatic heterocycles. The molecule has 2 N–H and O–H groups in total. The Kier molecular flexibility index (Phi) is 5.79. The maximum atomic E-state index is 12.5. The van der Waals surface area contributed by atoms with E-state index in [4.69, 9.17) is 9.47 Å². The van der Waals surface area contributed by atoms with E-state index in [9.17, 15) is 4.79 Å². The van der Waals surface area contributed by atoms with Crippen LogP contribution in [0, 0.1) is 13.8 Å². The molecule has 1 heterocycles. The zero-order valence-electron chi connectivity index (χ0n) is 16.4. The molecule has 6 heteroatoms. The first-order chi connectivity index (χ1) is 13.5. The number of pyridine rings is 1. The Balaban J connectivity index is 1.70. The van der Waals surface area contributed by atoms with E-state index < -0.39 is 0 Å². The summed E-state index contributed by atoms with van der Waals surface area (Å²) in [5.74, 6) is 1.25. The van der Waals surface area contributed by atoms with Gasteiger partial charge < -0.3 is 20.1 Å². The van der Waals surface area contributed by atoms with Gasteiger partial charge in [-0.3, -0.25) is 4.79 Å². The molecule has 144 valence electrons. The van der Waals surface area contributed by atoms with Gasteiger partial charge in [0.15, 0.2) is 11.5 Å². The van der Waals surface area contributed by atoms with Gasteiger partial charge in [0, 0.05) is 11.3 Å². The molecule has 3 rings (SSSR count). The lowest BCUT2D eigenvalue weighted by Gasteiger charge is -2.12. The fourth-order valence-corrected chi connectivity index (χ4v) is 2.75. The van der Waals surface area contributed by atoms with Crippen molar-refractivity contribution in [2.24, 2.45) is 0 Å². The van der Waals surface area contributed by atoms with Crippen molar-refractivity contribution >= 4 is 23.1 Å². The van der Waals surface area contributed by atoms with Gasteiger partial charge in [-0.2, -0.15) is 0 Å². The van der Waals surface area contributed by atoms with Crippen LogP contribution in [0.15, 0.2) is 54.7 Å². The first kappa shape index (κ1) is 19.2. The van der Waals surface area contributed by atoms with Crippen LogP contribution in [0.3, 0.4) is 0 Å². The van der Waals surface area contributed by atoms with Gasteiger partial charge in [0.25, 0.3) is 5.91 Å². The summed E-state index contributed by atoms with van der Waals surface area (Å²) in [4.78, 5) is 16.8. The van der Waals surface area contributed by atoms with E-state index in [0.717, 1.165) is 11.4 Å². The van der Waals surface area contributed by atoms with Crippen molar-refractivity contribution in [1.29, 1.82) is 0 Å². The molecule has 0 unspecified atom stereocenters. The van der Waals surface area contributed by atoms with E-state index in [2.05, 4.69) is 35.5 Å². The minimum absolute atomic E-state index is 0.274. The van der Waals surface area contributed by atoms with Gasteiger partial charge >= 0.3 is 0 Å². The van der Waals surface area contributed by atoms with Gasteiger partial charge in [0.05, 0.1) is 26.1 Å². The summed E-state index contributed by atoms with van der Waals surface area (Å²) in [6, 6.07) is 14.7.